The number of nitrogens with zero attached hydrogens (tertiary/aromatic N) is 1. The summed E-state index contributed by atoms with van der Waals surface area (Å²) in [6, 6.07) is 0. The highest BCUT2D eigenvalue weighted by Crippen LogP contribution is 2.34. The molecular formula is C10H13NO5S. The molecule has 17 heavy (non-hydrogen) atoms. The summed E-state index contributed by atoms with van der Waals surface area (Å²) in [5.74, 6) is -1.36. The maximum atomic E-state index is 11.9. The summed E-state index contributed by atoms with van der Waals surface area (Å²) in [6.07, 6.45) is 1.79. The van der Waals surface area contributed by atoms with Crippen LogP contribution in [0.15, 0.2) is 4.42 Å². The van der Waals surface area contributed by atoms with E-state index in [1.165, 1.54) is 6.92 Å². The molecule has 1 saturated heterocycles. The maximum Gasteiger partial charge on any atom is 0.373 e. The van der Waals surface area contributed by atoms with Crippen LogP contribution in [0.5, 0.6) is 0 Å². The number of hydrogen-bond acceptors (Lipinski definition) is 5. The molecule has 0 amide bonds. The van der Waals surface area contributed by atoms with Crippen molar-refractivity contribution in [1.29, 1.82) is 0 Å². The van der Waals surface area contributed by atoms with Gasteiger partial charge in [0.15, 0.2) is 15.7 Å². The summed E-state index contributed by atoms with van der Waals surface area (Å²) in [4.78, 5) is 14.9. The largest absolute Gasteiger partial charge is 0.475 e. The Morgan fingerprint density at radius 1 is 1.47 bits per heavy atom. The van der Waals surface area contributed by atoms with Gasteiger partial charge in [-0.15, -0.1) is 0 Å². The van der Waals surface area contributed by atoms with Crippen molar-refractivity contribution in [3.63, 3.8) is 0 Å². The number of aromatic nitrogens is 1. The summed E-state index contributed by atoms with van der Waals surface area (Å²) in [7, 11) is -3.31. The Morgan fingerprint density at radius 3 is 2.76 bits per heavy atom. The maximum absolute atomic E-state index is 11.9. The Morgan fingerprint density at radius 2 is 2.18 bits per heavy atom. The number of hydrogen-bond donors (Lipinski definition) is 1. The van der Waals surface area contributed by atoms with Gasteiger partial charge >= 0.3 is 5.97 Å². The Balaban J connectivity index is 2.49. The van der Waals surface area contributed by atoms with E-state index in [0.29, 0.717) is 12.8 Å². The van der Waals surface area contributed by atoms with Gasteiger partial charge in [0.25, 0.3) is 0 Å². The molecule has 0 aliphatic carbocycles. The predicted molar refractivity (Wildman–Crippen MR) is 58.6 cm³/mol. The van der Waals surface area contributed by atoms with E-state index in [-0.39, 0.29) is 23.1 Å². The minimum atomic E-state index is -3.31. The van der Waals surface area contributed by atoms with Crippen LogP contribution in [0.3, 0.4) is 0 Å². The minimum absolute atomic E-state index is 0.0506. The smallest absolute Gasteiger partial charge is 0.373 e. The number of aromatic carboxylic acids is 1. The van der Waals surface area contributed by atoms with E-state index >= 15 is 0 Å². The average molecular weight is 259 g/mol. The van der Waals surface area contributed by atoms with Gasteiger partial charge in [-0.3, -0.25) is 0 Å². The number of oxazole rings is 1. The van der Waals surface area contributed by atoms with Crippen LogP contribution in [-0.2, 0) is 9.84 Å². The van der Waals surface area contributed by atoms with Crippen molar-refractivity contribution in [2.75, 3.05) is 5.75 Å². The first kappa shape index (κ1) is 12.1. The van der Waals surface area contributed by atoms with Gasteiger partial charge in [0.2, 0.25) is 5.76 Å². The van der Waals surface area contributed by atoms with E-state index in [0.717, 1.165) is 6.42 Å². The van der Waals surface area contributed by atoms with E-state index in [1.807, 2.05) is 0 Å². The Bertz CT molecular complexity index is 545. The third-order valence-electron chi connectivity index (χ3n) is 2.84. The van der Waals surface area contributed by atoms with E-state index in [4.69, 9.17) is 9.52 Å². The summed E-state index contributed by atoms with van der Waals surface area (Å²) in [6.45, 7) is 1.51. The third kappa shape index (κ3) is 2.19. The van der Waals surface area contributed by atoms with Gasteiger partial charge in [-0.1, -0.05) is 6.42 Å². The fourth-order valence-corrected chi connectivity index (χ4v) is 3.99. The first-order valence-corrected chi connectivity index (χ1v) is 7.05. The van der Waals surface area contributed by atoms with Crippen LogP contribution in [0, 0.1) is 6.92 Å². The molecule has 0 aromatic carbocycles. The topological polar surface area (TPSA) is 97.5 Å². The van der Waals surface area contributed by atoms with Crippen LogP contribution in [0.4, 0.5) is 0 Å². The lowest BCUT2D eigenvalue weighted by Crippen LogP contribution is -2.23. The Labute approximate surface area is 98.6 Å². The van der Waals surface area contributed by atoms with Crippen molar-refractivity contribution in [3.05, 3.63) is 17.3 Å². The lowest BCUT2D eigenvalue weighted by Gasteiger charge is -2.20. The number of aryl methyl sites for hydroxylation is 1. The number of rotatable bonds is 2. The van der Waals surface area contributed by atoms with Gasteiger partial charge in [-0.05, 0) is 12.8 Å². The van der Waals surface area contributed by atoms with Gasteiger partial charge in [-0.2, -0.15) is 0 Å². The lowest BCUT2D eigenvalue weighted by atomic mass is 10.1. The van der Waals surface area contributed by atoms with E-state index in [1.54, 1.807) is 0 Å². The second kappa shape index (κ2) is 4.14. The molecule has 0 radical (unpaired) electrons. The Kier molecular flexibility index (Phi) is 2.94. The van der Waals surface area contributed by atoms with Crippen LogP contribution in [0.25, 0.3) is 0 Å². The molecule has 1 aliphatic rings. The quantitative estimate of drug-likeness (QED) is 0.860. The lowest BCUT2D eigenvalue weighted by molar-refractivity contribution is 0.0659. The molecule has 2 heterocycles. The van der Waals surface area contributed by atoms with Gasteiger partial charge in [0.1, 0.15) is 10.9 Å². The summed E-state index contributed by atoms with van der Waals surface area (Å²) < 4.78 is 28.7. The van der Waals surface area contributed by atoms with Gasteiger partial charge in [0.05, 0.1) is 5.75 Å². The molecule has 0 bridgehead atoms. The second-order valence-electron chi connectivity index (χ2n) is 4.10. The molecule has 1 aromatic rings. The molecule has 1 aliphatic heterocycles. The molecular weight excluding hydrogens is 246 g/mol. The number of carboxylic acids is 1. The second-order valence-corrected chi connectivity index (χ2v) is 6.41. The molecule has 6 nitrogen and oxygen atoms in total. The van der Waals surface area contributed by atoms with E-state index < -0.39 is 21.1 Å². The van der Waals surface area contributed by atoms with Crippen molar-refractivity contribution < 1.29 is 22.7 Å². The first-order valence-electron chi connectivity index (χ1n) is 5.34. The number of carbonyl (C=O) groups is 1. The SMILES string of the molecule is Cc1nc(C2CCCCS2(=O)=O)c(C(=O)O)o1. The third-order valence-corrected chi connectivity index (χ3v) is 5.02. The van der Waals surface area contributed by atoms with Crippen LogP contribution in [-0.4, -0.2) is 30.2 Å². The normalized spacial score (nSPS) is 23.5. The highest BCUT2D eigenvalue weighted by atomic mass is 32.2. The molecule has 1 fully saturated rings. The highest BCUT2D eigenvalue weighted by molar-refractivity contribution is 7.91. The molecule has 1 atom stereocenters. The zero-order valence-electron chi connectivity index (χ0n) is 9.34. The predicted octanol–water partition coefficient (Wildman–Crippen LogP) is 1.32. The molecule has 1 unspecified atom stereocenters. The monoisotopic (exact) mass is 259 g/mol. The van der Waals surface area contributed by atoms with Crippen LogP contribution < -0.4 is 0 Å². The van der Waals surface area contributed by atoms with E-state index in [9.17, 15) is 13.2 Å². The fourth-order valence-electron chi connectivity index (χ4n) is 2.08. The van der Waals surface area contributed by atoms with Crippen molar-refractivity contribution in [1.82, 2.24) is 4.98 Å². The van der Waals surface area contributed by atoms with Crippen LogP contribution >= 0.6 is 0 Å². The van der Waals surface area contributed by atoms with E-state index in [2.05, 4.69) is 4.98 Å². The zero-order chi connectivity index (χ0) is 12.6. The van der Waals surface area contributed by atoms with Crippen LogP contribution in [0.2, 0.25) is 0 Å². The minimum Gasteiger partial charge on any atom is -0.475 e. The number of carboxylic acid groups (broad SMARTS) is 1. The molecule has 94 valence electrons. The summed E-state index contributed by atoms with van der Waals surface area (Å²) >= 11 is 0. The van der Waals surface area contributed by atoms with Gasteiger partial charge in [-0.25, -0.2) is 18.2 Å². The Hall–Kier alpha value is -1.37. The highest BCUT2D eigenvalue weighted by Gasteiger charge is 2.36. The standard InChI is InChI=1S/C10H13NO5S/c1-6-11-8(9(16-6)10(12)13)7-4-2-3-5-17(7,14)15/h7H,2-5H2,1H3,(H,12,13). The molecule has 2 rings (SSSR count). The van der Waals surface area contributed by atoms with Crippen molar-refractivity contribution in [3.8, 4) is 0 Å². The van der Waals surface area contributed by atoms with Crippen molar-refractivity contribution >= 4 is 15.8 Å². The van der Waals surface area contributed by atoms with Crippen molar-refractivity contribution in [2.24, 2.45) is 0 Å². The fraction of sp³-hybridized carbons (Fsp3) is 0.600. The zero-order valence-corrected chi connectivity index (χ0v) is 10.2. The summed E-state index contributed by atoms with van der Waals surface area (Å²) in [5, 5.41) is 8.12. The van der Waals surface area contributed by atoms with Gasteiger partial charge in [0, 0.05) is 6.92 Å². The molecule has 0 saturated carbocycles. The molecule has 1 N–H and O–H groups in total. The summed E-state index contributed by atoms with van der Waals surface area (Å²) in [5.41, 5.74) is 0.0506. The van der Waals surface area contributed by atoms with Crippen molar-refractivity contribution in [2.45, 2.75) is 31.4 Å². The van der Waals surface area contributed by atoms with Gasteiger partial charge < -0.3 is 9.52 Å². The first-order chi connectivity index (χ1) is 7.92. The molecule has 1 aromatic heterocycles. The molecule has 7 heteroatoms. The average Bonchev–Trinajstić information content (AvgIpc) is 2.59. The van der Waals surface area contributed by atoms with Crippen LogP contribution in [0.1, 0.15) is 46.7 Å². The number of sulfone groups is 1. The molecule has 0 spiro atoms.